The predicted octanol–water partition coefficient (Wildman–Crippen LogP) is 3.55. The molecule has 0 aromatic heterocycles. The molecule has 0 radical (unpaired) electrons. The Morgan fingerprint density at radius 3 is 2.24 bits per heavy atom. The van der Waals surface area contributed by atoms with Crippen molar-refractivity contribution >= 4 is 35.6 Å². The minimum absolute atomic E-state index is 0. The summed E-state index contributed by atoms with van der Waals surface area (Å²) in [6.07, 6.45) is 4.42. The maximum atomic E-state index is 4.29. The highest BCUT2D eigenvalue weighted by molar-refractivity contribution is 14.0. The molecule has 0 saturated carbocycles. The number of nitrogens with one attached hydrogen (secondary N) is 2. The summed E-state index contributed by atoms with van der Waals surface area (Å²) >= 11 is 0. The molecule has 0 spiro atoms. The molecule has 3 rings (SSSR count). The minimum atomic E-state index is 0. The van der Waals surface area contributed by atoms with Gasteiger partial charge in [0.05, 0.1) is 0 Å². The van der Waals surface area contributed by atoms with Crippen molar-refractivity contribution in [3.63, 3.8) is 0 Å². The number of hydrogen-bond donors (Lipinski definition) is 2. The van der Waals surface area contributed by atoms with Gasteiger partial charge in [-0.1, -0.05) is 54.6 Å². The number of halogens is 1. The summed E-state index contributed by atoms with van der Waals surface area (Å²) in [6, 6.07) is 19.0. The van der Waals surface area contributed by atoms with Gasteiger partial charge in [0.15, 0.2) is 5.96 Å². The average Bonchev–Trinajstić information content (AvgIpc) is 3.18. The number of aliphatic imine (C=N–C) groups is 1. The molecule has 2 aromatic carbocycles. The van der Waals surface area contributed by atoms with Crippen LogP contribution in [0.4, 0.5) is 5.69 Å². The van der Waals surface area contributed by atoms with Gasteiger partial charge in [-0.05, 0) is 23.3 Å². The molecule has 0 saturated heterocycles. The van der Waals surface area contributed by atoms with E-state index < -0.39 is 0 Å². The van der Waals surface area contributed by atoms with Crippen LogP contribution in [0.15, 0.2) is 71.7 Å². The Labute approximate surface area is 167 Å². The van der Waals surface area contributed by atoms with Crippen molar-refractivity contribution in [3.8, 4) is 0 Å². The fraction of sp³-hybridized carbons (Fsp3) is 0.250. The topological polar surface area (TPSA) is 39.7 Å². The molecule has 1 aliphatic heterocycles. The number of rotatable bonds is 5. The van der Waals surface area contributed by atoms with Gasteiger partial charge in [0, 0.05) is 38.9 Å². The summed E-state index contributed by atoms with van der Waals surface area (Å²) in [5, 5.41) is 6.72. The van der Waals surface area contributed by atoms with E-state index in [0.29, 0.717) is 0 Å². The summed E-state index contributed by atoms with van der Waals surface area (Å²) in [4.78, 5) is 6.65. The van der Waals surface area contributed by atoms with Crippen LogP contribution in [0, 0.1) is 0 Å². The molecule has 0 unspecified atom stereocenters. The second-order valence-corrected chi connectivity index (χ2v) is 5.81. The maximum Gasteiger partial charge on any atom is 0.191 e. The molecule has 2 N–H and O–H groups in total. The highest BCUT2D eigenvalue weighted by Crippen LogP contribution is 2.18. The molecule has 25 heavy (non-hydrogen) atoms. The monoisotopic (exact) mass is 448 g/mol. The third-order valence-electron chi connectivity index (χ3n) is 4.08. The smallest absolute Gasteiger partial charge is 0.191 e. The SMILES string of the molecule is CN=C(NCc1ccccc1)NCc1cccc(N2CC=CC2)c1.I. The normalized spacial score (nSPS) is 13.5. The summed E-state index contributed by atoms with van der Waals surface area (Å²) in [7, 11) is 1.80. The first-order chi connectivity index (χ1) is 11.8. The van der Waals surface area contributed by atoms with Gasteiger partial charge in [0.2, 0.25) is 0 Å². The first-order valence-electron chi connectivity index (χ1n) is 8.32. The van der Waals surface area contributed by atoms with Crippen molar-refractivity contribution < 1.29 is 0 Å². The number of guanidine groups is 1. The minimum Gasteiger partial charge on any atom is -0.364 e. The molecule has 4 nitrogen and oxygen atoms in total. The van der Waals surface area contributed by atoms with Crippen LogP contribution >= 0.6 is 24.0 Å². The van der Waals surface area contributed by atoms with Crippen LogP contribution in [-0.2, 0) is 13.1 Å². The molecular formula is C20H25IN4. The Kier molecular flexibility index (Phi) is 7.78. The van der Waals surface area contributed by atoms with Gasteiger partial charge in [-0.3, -0.25) is 4.99 Å². The lowest BCUT2D eigenvalue weighted by molar-refractivity contribution is 0.808. The van der Waals surface area contributed by atoms with Gasteiger partial charge in [0.25, 0.3) is 0 Å². The number of hydrogen-bond acceptors (Lipinski definition) is 2. The maximum absolute atomic E-state index is 4.29. The summed E-state index contributed by atoms with van der Waals surface area (Å²) in [5.74, 6) is 0.812. The Morgan fingerprint density at radius 2 is 1.56 bits per heavy atom. The van der Waals surface area contributed by atoms with Crippen molar-refractivity contribution in [3.05, 3.63) is 77.9 Å². The van der Waals surface area contributed by atoms with E-state index in [1.54, 1.807) is 7.05 Å². The highest BCUT2D eigenvalue weighted by Gasteiger charge is 2.08. The van der Waals surface area contributed by atoms with Crippen LogP contribution in [0.3, 0.4) is 0 Å². The lowest BCUT2D eigenvalue weighted by atomic mass is 10.2. The van der Waals surface area contributed by atoms with Gasteiger partial charge >= 0.3 is 0 Å². The van der Waals surface area contributed by atoms with Crippen LogP contribution in [0.5, 0.6) is 0 Å². The van der Waals surface area contributed by atoms with E-state index in [4.69, 9.17) is 0 Å². The fourth-order valence-corrected chi connectivity index (χ4v) is 2.74. The Balaban J connectivity index is 0.00000225. The second kappa shape index (κ2) is 10.1. The van der Waals surface area contributed by atoms with Crippen LogP contribution < -0.4 is 15.5 Å². The molecule has 0 amide bonds. The molecule has 1 heterocycles. The lowest BCUT2D eigenvalue weighted by Gasteiger charge is -2.19. The van der Waals surface area contributed by atoms with E-state index in [9.17, 15) is 0 Å². The Hall–Kier alpha value is -2.02. The number of benzene rings is 2. The van der Waals surface area contributed by atoms with Crippen LogP contribution in [0.25, 0.3) is 0 Å². The van der Waals surface area contributed by atoms with Crippen molar-refractivity contribution in [1.29, 1.82) is 0 Å². The van der Waals surface area contributed by atoms with E-state index in [0.717, 1.165) is 32.1 Å². The standard InChI is InChI=1S/C20H24N4.HI/c1-21-20(22-15-17-8-3-2-4-9-17)23-16-18-10-7-11-19(14-18)24-12-5-6-13-24;/h2-11,14H,12-13,15-16H2,1H3,(H2,21,22,23);1H. The molecule has 2 aromatic rings. The molecular weight excluding hydrogens is 423 g/mol. The van der Waals surface area contributed by atoms with Crippen molar-refractivity contribution in [2.75, 3.05) is 25.0 Å². The van der Waals surface area contributed by atoms with E-state index in [1.807, 2.05) is 18.2 Å². The first-order valence-corrected chi connectivity index (χ1v) is 8.32. The predicted molar refractivity (Wildman–Crippen MR) is 117 cm³/mol. The summed E-state index contributed by atoms with van der Waals surface area (Å²) < 4.78 is 0. The Morgan fingerprint density at radius 1 is 0.920 bits per heavy atom. The molecule has 0 atom stereocenters. The molecule has 0 bridgehead atoms. The molecule has 0 fully saturated rings. The second-order valence-electron chi connectivity index (χ2n) is 5.81. The average molecular weight is 448 g/mol. The van der Waals surface area contributed by atoms with Crippen molar-refractivity contribution in [2.24, 2.45) is 4.99 Å². The van der Waals surface area contributed by atoms with Crippen LogP contribution in [0.2, 0.25) is 0 Å². The van der Waals surface area contributed by atoms with Crippen molar-refractivity contribution in [1.82, 2.24) is 10.6 Å². The zero-order valence-electron chi connectivity index (χ0n) is 14.5. The molecule has 1 aliphatic rings. The first kappa shape index (κ1) is 19.3. The lowest BCUT2D eigenvalue weighted by Crippen LogP contribution is -2.36. The third kappa shape index (κ3) is 5.77. The van der Waals surface area contributed by atoms with E-state index in [2.05, 4.69) is 69.1 Å². The van der Waals surface area contributed by atoms with Crippen LogP contribution in [0.1, 0.15) is 11.1 Å². The largest absolute Gasteiger partial charge is 0.364 e. The zero-order chi connectivity index (χ0) is 16.6. The summed E-state index contributed by atoms with van der Waals surface area (Å²) in [6.45, 7) is 3.51. The summed E-state index contributed by atoms with van der Waals surface area (Å²) in [5.41, 5.74) is 3.76. The molecule has 5 heteroatoms. The van der Waals surface area contributed by atoms with Gasteiger partial charge in [-0.15, -0.1) is 24.0 Å². The van der Waals surface area contributed by atoms with Gasteiger partial charge in [-0.25, -0.2) is 0 Å². The third-order valence-corrected chi connectivity index (χ3v) is 4.08. The van der Waals surface area contributed by atoms with Gasteiger partial charge in [0.1, 0.15) is 0 Å². The number of nitrogens with zero attached hydrogens (tertiary/aromatic N) is 2. The molecule has 0 aliphatic carbocycles. The Bertz CT molecular complexity index is 705. The quantitative estimate of drug-likeness (QED) is 0.318. The molecule has 132 valence electrons. The van der Waals surface area contributed by atoms with E-state index in [1.165, 1.54) is 16.8 Å². The van der Waals surface area contributed by atoms with Crippen LogP contribution in [-0.4, -0.2) is 26.1 Å². The fourth-order valence-electron chi connectivity index (χ4n) is 2.74. The van der Waals surface area contributed by atoms with Gasteiger partial charge in [-0.2, -0.15) is 0 Å². The van der Waals surface area contributed by atoms with Crippen molar-refractivity contribution in [2.45, 2.75) is 13.1 Å². The zero-order valence-corrected chi connectivity index (χ0v) is 16.8. The van der Waals surface area contributed by atoms with Gasteiger partial charge < -0.3 is 15.5 Å². The number of anilines is 1. The van der Waals surface area contributed by atoms with E-state index >= 15 is 0 Å². The highest BCUT2D eigenvalue weighted by atomic mass is 127. The van der Waals surface area contributed by atoms with E-state index in [-0.39, 0.29) is 24.0 Å².